The number of ether oxygens (including phenoxy) is 3. The standard InChI is InChI=1S/C19H18FNO5S/c1-12(19(23)21-14-4-7-16-17(10-14)25-11-24-16)26-18(22)8-9-27-15-5-2-13(20)3-6-15/h2-7,10,12H,8-9,11H2,1H3,(H,21,23)/t12-/m0/s1. The Morgan fingerprint density at radius 2 is 1.93 bits per heavy atom. The van der Waals surface area contributed by atoms with Crippen LogP contribution in [0.15, 0.2) is 47.4 Å². The molecule has 2 aromatic carbocycles. The number of hydrogen-bond donors (Lipinski definition) is 1. The van der Waals surface area contributed by atoms with Gasteiger partial charge in [0.25, 0.3) is 5.91 Å². The van der Waals surface area contributed by atoms with E-state index in [4.69, 9.17) is 14.2 Å². The molecule has 6 nitrogen and oxygen atoms in total. The molecule has 1 N–H and O–H groups in total. The minimum atomic E-state index is -0.932. The van der Waals surface area contributed by atoms with Crippen molar-refractivity contribution in [1.82, 2.24) is 0 Å². The number of carbonyl (C=O) groups excluding carboxylic acids is 2. The summed E-state index contributed by atoms with van der Waals surface area (Å²) >= 11 is 1.41. The molecule has 1 amide bonds. The van der Waals surface area contributed by atoms with Gasteiger partial charge in [-0.1, -0.05) is 0 Å². The highest BCUT2D eigenvalue weighted by Gasteiger charge is 2.19. The van der Waals surface area contributed by atoms with Crippen LogP contribution in [0.25, 0.3) is 0 Å². The first kappa shape index (κ1) is 19.0. The van der Waals surface area contributed by atoms with Crippen molar-refractivity contribution < 1.29 is 28.2 Å². The normalized spacial score (nSPS) is 13.1. The quantitative estimate of drug-likeness (QED) is 0.574. The van der Waals surface area contributed by atoms with Gasteiger partial charge < -0.3 is 19.5 Å². The number of esters is 1. The maximum atomic E-state index is 12.8. The Hall–Kier alpha value is -2.74. The number of halogens is 1. The summed E-state index contributed by atoms with van der Waals surface area (Å²) < 4.78 is 28.5. The predicted molar refractivity (Wildman–Crippen MR) is 98.5 cm³/mol. The number of carbonyl (C=O) groups is 2. The average Bonchev–Trinajstić information content (AvgIpc) is 3.11. The molecule has 0 radical (unpaired) electrons. The molecule has 0 saturated heterocycles. The Morgan fingerprint density at radius 1 is 1.19 bits per heavy atom. The Morgan fingerprint density at radius 3 is 2.70 bits per heavy atom. The summed E-state index contributed by atoms with van der Waals surface area (Å²) in [5.74, 6) is 0.426. The van der Waals surface area contributed by atoms with E-state index in [-0.39, 0.29) is 19.0 Å². The molecule has 142 valence electrons. The molecule has 8 heteroatoms. The molecule has 2 aromatic rings. The number of fused-ring (bicyclic) bond motifs is 1. The van der Waals surface area contributed by atoms with Gasteiger partial charge >= 0.3 is 5.97 Å². The van der Waals surface area contributed by atoms with Crippen LogP contribution in [0.5, 0.6) is 11.5 Å². The van der Waals surface area contributed by atoms with Gasteiger partial charge in [-0.2, -0.15) is 0 Å². The largest absolute Gasteiger partial charge is 0.454 e. The summed E-state index contributed by atoms with van der Waals surface area (Å²) in [6.45, 7) is 1.66. The molecule has 0 unspecified atom stereocenters. The van der Waals surface area contributed by atoms with Gasteiger partial charge in [-0.3, -0.25) is 9.59 Å². The number of thioether (sulfide) groups is 1. The Balaban J connectivity index is 1.42. The summed E-state index contributed by atoms with van der Waals surface area (Å²) in [7, 11) is 0. The number of rotatable bonds is 7. The van der Waals surface area contributed by atoms with Crippen molar-refractivity contribution >= 4 is 29.3 Å². The van der Waals surface area contributed by atoms with Gasteiger partial charge in [0.05, 0.1) is 6.42 Å². The molecule has 0 fully saturated rings. The molecule has 0 saturated carbocycles. The fourth-order valence-corrected chi connectivity index (χ4v) is 3.14. The summed E-state index contributed by atoms with van der Waals surface area (Å²) in [6.07, 6.45) is -0.789. The molecule has 0 aliphatic carbocycles. The Bertz CT molecular complexity index is 827. The first-order chi connectivity index (χ1) is 13.0. The van der Waals surface area contributed by atoms with Crippen LogP contribution in [0.1, 0.15) is 13.3 Å². The van der Waals surface area contributed by atoms with Gasteiger partial charge in [0.15, 0.2) is 17.6 Å². The lowest BCUT2D eigenvalue weighted by atomic mass is 10.2. The molecule has 0 aromatic heterocycles. The number of anilines is 1. The molecular weight excluding hydrogens is 373 g/mol. The molecule has 0 bridgehead atoms. The maximum Gasteiger partial charge on any atom is 0.307 e. The molecule has 1 aliphatic rings. The second-order valence-corrected chi connectivity index (χ2v) is 6.91. The zero-order valence-corrected chi connectivity index (χ0v) is 15.4. The lowest BCUT2D eigenvalue weighted by Gasteiger charge is -2.13. The monoisotopic (exact) mass is 391 g/mol. The van der Waals surface area contributed by atoms with E-state index in [2.05, 4.69) is 5.32 Å². The number of benzene rings is 2. The minimum absolute atomic E-state index is 0.143. The molecule has 1 aliphatic heterocycles. The predicted octanol–water partition coefficient (Wildman–Crippen LogP) is 3.61. The van der Waals surface area contributed by atoms with Gasteiger partial charge in [0.1, 0.15) is 5.82 Å². The molecule has 0 spiro atoms. The lowest BCUT2D eigenvalue weighted by molar-refractivity contribution is -0.152. The second-order valence-electron chi connectivity index (χ2n) is 5.74. The summed E-state index contributed by atoms with van der Waals surface area (Å²) in [5, 5.41) is 2.67. The Kier molecular flexibility index (Phi) is 6.18. The molecular formula is C19H18FNO5S. The van der Waals surface area contributed by atoms with E-state index in [1.807, 2.05) is 0 Å². The zero-order valence-electron chi connectivity index (χ0n) is 14.6. The van der Waals surface area contributed by atoms with Crippen molar-refractivity contribution in [3.63, 3.8) is 0 Å². The third kappa shape index (κ3) is 5.37. The van der Waals surface area contributed by atoms with E-state index < -0.39 is 18.0 Å². The van der Waals surface area contributed by atoms with Gasteiger partial charge in [-0.05, 0) is 43.3 Å². The number of hydrogen-bond acceptors (Lipinski definition) is 6. The number of nitrogens with one attached hydrogen (secondary N) is 1. The molecule has 1 atom stereocenters. The zero-order chi connectivity index (χ0) is 19.2. The smallest absolute Gasteiger partial charge is 0.307 e. The van der Waals surface area contributed by atoms with Gasteiger partial charge in [0, 0.05) is 22.4 Å². The van der Waals surface area contributed by atoms with E-state index in [1.54, 1.807) is 30.3 Å². The van der Waals surface area contributed by atoms with Crippen LogP contribution in [0.4, 0.5) is 10.1 Å². The topological polar surface area (TPSA) is 73.9 Å². The van der Waals surface area contributed by atoms with Crippen molar-refractivity contribution in [3.8, 4) is 11.5 Å². The highest BCUT2D eigenvalue weighted by Crippen LogP contribution is 2.34. The number of amides is 1. The average molecular weight is 391 g/mol. The van der Waals surface area contributed by atoms with Crippen LogP contribution in [0.2, 0.25) is 0 Å². The minimum Gasteiger partial charge on any atom is -0.454 e. The third-order valence-electron chi connectivity index (χ3n) is 3.71. The van der Waals surface area contributed by atoms with Gasteiger partial charge in [-0.15, -0.1) is 11.8 Å². The SMILES string of the molecule is C[C@H](OC(=O)CCSc1ccc(F)cc1)C(=O)Nc1ccc2c(c1)OCO2. The van der Waals surface area contributed by atoms with Crippen LogP contribution >= 0.6 is 11.8 Å². The molecule has 1 heterocycles. The highest BCUT2D eigenvalue weighted by atomic mass is 32.2. The lowest BCUT2D eigenvalue weighted by Crippen LogP contribution is -2.30. The van der Waals surface area contributed by atoms with Crippen LogP contribution in [0.3, 0.4) is 0 Å². The van der Waals surface area contributed by atoms with Crippen molar-refractivity contribution in [2.24, 2.45) is 0 Å². The second kappa shape index (κ2) is 8.77. The van der Waals surface area contributed by atoms with Crippen LogP contribution in [0, 0.1) is 5.82 Å². The first-order valence-corrected chi connectivity index (χ1v) is 9.28. The van der Waals surface area contributed by atoms with Gasteiger partial charge in [-0.25, -0.2) is 4.39 Å². The molecule has 3 rings (SSSR count). The summed E-state index contributed by atoms with van der Waals surface area (Å²) in [6, 6.07) is 11.0. The van der Waals surface area contributed by atoms with Crippen LogP contribution < -0.4 is 14.8 Å². The van der Waals surface area contributed by atoms with Crippen molar-refractivity contribution in [1.29, 1.82) is 0 Å². The van der Waals surface area contributed by atoms with E-state index in [0.717, 1.165) is 4.90 Å². The fourth-order valence-electron chi connectivity index (χ4n) is 2.31. The highest BCUT2D eigenvalue weighted by molar-refractivity contribution is 7.99. The summed E-state index contributed by atoms with van der Waals surface area (Å²) in [5.41, 5.74) is 0.527. The molecule has 27 heavy (non-hydrogen) atoms. The van der Waals surface area contributed by atoms with E-state index in [0.29, 0.717) is 22.9 Å². The van der Waals surface area contributed by atoms with Crippen molar-refractivity contribution in [3.05, 3.63) is 48.3 Å². The fraction of sp³-hybridized carbons (Fsp3) is 0.263. The summed E-state index contributed by atoms with van der Waals surface area (Å²) in [4.78, 5) is 24.9. The maximum absolute atomic E-state index is 12.8. The van der Waals surface area contributed by atoms with E-state index in [1.165, 1.54) is 30.8 Å². The third-order valence-corrected chi connectivity index (χ3v) is 4.72. The van der Waals surface area contributed by atoms with Crippen LogP contribution in [-0.2, 0) is 14.3 Å². The van der Waals surface area contributed by atoms with E-state index in [9.17, 15) is 14.0 Å². The van der Waals surface area contributed by atoms with Crippen molar-refractivity contribution in [2.75, 3.05) is 17.9 Å². The van der Waals surface area contributed by atoms with Crippen molar-refractivity contribution in [2.45, 2.75) is 24.3 Å². The van der Waals surface area contributed by atoms with Gasteiger partial charge in [0.2, 0.25) is 6.79 Å². The van der Waals surface area contributed by atoms with Crippen LogP contribution in [-0.4, -0.2) is 30.5 Å². The van der Waals surface area contributed by atoms with E-state index >= 15 is 0 Å². The Labute approximate surface area is 160 Å². The first-order valence-electron chi connectivity index (χ1n) is 8.29.